The van der Waals surface area contributed by atoms with Crippen molar-refractivity contribution in [1.29, 1.82) is 0 Å². The lowest BCUT2D eigenvalue weighted by atomic mass is 9.86. The largest absolute Gasteiger partial charge is 0.491 e. The predicted octanol–water partition coefficient (Wildman–Crippen LogP) is 2.36. The second-order valence-corrected chi connectivity index (χ2v) is 9.37. The van der Waals surface area contributed by atoms with Crippen LogP contribution in [0.15, 0.2) is 30.3 Å². The number of rotatable bonds is 3. The van der Waals surface area contributed by atoms with Crippen LogP contribution in [-0.2, 0) is 6.42 Å². The number of nitrogens with one attached hydrogen (secondary N) is 2. The highest BCUT2D eigenvalue weighted by Gasteiger charge is 2.28. The molecule has 2 aliphatic rings. The second kappa shape index (κ2) is 8.11. The van der Waals surface area contributed by atoms with Crippen molar-refractivity contribution in [1.82, 2.24) is 15.6 Å². The third kappa shape index (κ3) is 3.86. The molecule has 4 heterocycles. The van der Waals surface area contributed by atoms with Crippen molar-refractivity contribution in [2.45, 2.75) is 37.8 Å². The molecule has 0 saturated carbocycles. The average molecular weight is 439 g/mol. The molecule has 8 heteroatoms. The van der Waals surface area contributed by atoms with E-state index in [1.165, 1.54) is 11.3 Å². The minimum atomic E-state index is -0.382. The van der Waals surface area contributed by atoms with Crippen LogP contribution in [0.5, 0.6) is 5.75 Å². The molecule has 1 aromatic carbocycles. The summed E-state index contributed by atoms with van der Waals surface area (Å²) in [6.07, 6.45) is 1.22. The SMILES string of the molecule is Cc1ccc2c(N)c(C(=O)N[C@H]3COc4cc([C@@H]5CCNC[C@@H]5O)ccc4C3)sc2n1. The number of aromatic nitrogens is 1. The molecule has 3 aromatic rings. The number of β-amino-alcohol motifs (C(OH)–C–C–N with tert-alkyl or cyclic N) is 1. The number of nitrogen functional groups attached to an aromatic ring is 1. The van der Waals surface area contributed by atoms with Gasteiger partial charge >= 0.3 is 0 Å². The van der Waals surface area contributed by atoms with Crippen LogP contribution < -0.4 is 21.1 Å². The Balaban J connectivity index is 1.30. The van der Waals surface area contributed by atoms with Gasteiger partial charge in [0, 0.05) is 23.5 Å². The Morgan fingerprint density at radius 3 is 3.06 bits per heavy atom. The maximum Gasteiger partial charge on any atom is 0.263 e. The number of benzene rings is 1. The molecule has 5 N–H and O–H groups in total. The summed E-state index contributed by atoms with van der Waals surface area (Å²) in [5.41, 5.74) is 9.77. The number of ether oxygens (including phenoxy) is 1. The Morgan fingerprint density at radius 2 is 2.23 bits per heavy atom. The van der Waals surface area contributed by atoms with Crippen LogP contribution >= 0.6 is 11.3 Å². The number of pyridine rings is 1. The van der Waals surface area contributed by atoms with Gasteiger partial charge in [0.05, 0.1) is 17.8 Å². The topological polar surface area (TPSA) is 110 Å². The first-order valence-electron chi connectivity index (χ1n) is 10.6. The molecule has 3 atom stereocenters. The number of aliphatic hydroxyl groups is 1. The number of aliphatic hydroxyl groups excluding tert-OH is 1. The van der Waals surface area contributed by atoms with E-state index in [1.54, 1.807) is 0 Å². The summed E-state index contributed by atoms with van der Waals surface area (Å²) in [4.78, 5) is 18.7. The second-order valence-electron chi connectivity index (χ2n) is 8.37. The molecule has 162 valence electrons. The highest BCUT2D eigenvalue weighted by Crippen LogP contribution is 2.34. The Labute approximate surface area is 184 Å². The Kier molecular flexibility index (Phi) is 5.29. The van der Waals surface area contributed by atoms with Gasteiger partial charge in [-0.25, -0.2) is 4.98 Å². The van der Waals surface area contributed by atoms with Crippen molar-refractivity contribution in [3.8, 4) is 5.75 Å². The molecular weight excluding hydrogens is 412 g/mol. The molecule has 5 rings (SSSR count). The Hall–Kier alpha value is -2.68. The fraction of sp³-hybridized carbons (Fsp3) is 0.391. The number of aryl methyl sites for hydroxylation is 1. The first kappa shape index (κ1) is 20.2. The van der Waals surface area contributed by atoms with Crippen molar-refractivity contribution in [2.24, 2.45) is 0 Å². The van der Waals surface area contributed by atoms with E-state index in [1.807, 2.05) is 25.1 Å². The van der Waals surface area contributed by atoms with Crippen molar-refractivity contribution in [3.05, 3.63) is 52.0 Å². The summed E-state index contributed by atoms with van der Waals surface area (Å²) in [6.45, 7) is 3.85. The molecule has 0 radical (unpaired) electrons. The van der Waals surface area contributed by atoms with Gasteiger partial charge in [0.25, 0.3) is 5.91 Å². The number of hydrogen-bond acceptors (Lipinski definition) is 7. The number of nitrogens with zero attached hydrogens (tertiary/aromatic N) is 1. The number of carbonyl (C=O) groups is 1. The number of hydrogen-bond donors (Lipinski definition) is 4. The maximum atomic E-state index is 12.9. The van der Waals surface area contributed by atoms with Crippen molar-refractivity contribution >= 4 is 33.1 Å². The molecule has 0 bridgehead atoms. The number of fused-ring (bicyclic) bond motifs is 2. The van der Waals surface area contributed by atoms with Gasteiger partial charge in [0.15, 0.2) is 0 Å². The van der Waals surface area contributed by atoms with E-state index in [4.69, 9.17) is 10.5 Å². The molecule has 2 aromatic heterocycles. The van der Waals surface area contributed by atoms with Crippen LogP contribution in [0, 0.1) is 6.92 Å². The quantitative estimate of drug-likeness (QED) is 0.500. The highest BCUT2D eigenvalue weighted by atomic mass is 32.1. The Bertz CT molecular complexity index is 1150. The fourth-order valence-corrected chi connectivity index (χ4v) is 5.49. The summed E-state index contributed by atoms with van der Waals surface area (Å²) in [7, 11) is 0. The number of thiophene rings is 1. The highest BCUT2D eigenvalue weighted by molar-refractivity contribution is 7.21. The van der Waals surface area contributed by atoms with E-state index in [0.29, 0.717) is 30.1 Å². The minimum absolute atomic E-state index is 0.126. The molecule has 31 heavy (non-hydrogen) atoms. The molecule has 7 nitrogen and oxygen atoms in total. The van der Waals surface area contributed by atoms with E-state index in [2.05, 4.69) is 27.8 Å². The number of amides is 1. The smallest absolute Gasteiger partial charge is 0.263 e. The van der Waals surface area contributed by atoms with Crippen LogP contribution in [-0.4, -0.2) is 47.8 Å². The number of nitrogens with two attached hydrogens (primary N) is 1. The molecule has 2 aliphatic heterocycles. The molecule has 1 fully saturated rings. The summed E-state index contributed by atoms with van der Waals surface area (Å²) >= 11 is 1.32. The first-order valence-corrected chi connectivity index (χ1v) is 11.4. The summed E-state index contributed by atoms with van der Waals surface area (Å²) in [5, 5.41) is 17.4. The predicted molar refractivity (Wildman–Crippen MR) is 122 cm³/mol. The average Bonchev–Trinajstić information content (AvgIpc) is 3.09. The lowest BCUT2D eigenvalue weighted by Crippen LogP contribution is -2.42. The molecule has 0 unspecified atom stereocenters. The first-order chi connectivity index (χ1) is 15.0. The number of carbonyl (C=O) groups excluding carboxylic acids is 1. The zero-order valence-corrected chi connectivity index (χ0v) is 18.2. The van der Waals surface area contributed by atoms with Gasteiger partial charge in [0.2, 0.25) is 0 Å². The van der Waals surface area contributed by atoms with E-state index < -0.39 is 0 Å². The third-order valence-electron chi connectivity index (χ3n) is 6.15. The van der Waals surface area contributed by atoms with Gasteiger partial charge in [-0.05, 0) is 55.6 Å². The van der Waals surface area contributed by atoms with Crippen LogP contribution in [0.25, 0.3) is 10.2 Å². The fourth-order valence-electron chi connectivity index (χ4n) is 4.45. The molecule has 1 amide bonds. The number of piperidine rings is 1. The lowest BCUT2D eigenvalue weighted by Gasteiger charge is -2.31. The third-order valence-corrected chi connectivity index (χ3v) is 7.26. The summed E-state index contributed by atoms with van der Waals surface area (Å²) < 4.78 is 5.99. The van der Waals surface area contributed by atoms with E-state index in [9.17, 15) is 9.90 Å². The van der Waals surface area contributed by atoms with Gasteiger partial charge < -0.3 is 26.2 Å². The van der Waals surface area contributed by atoms with Crippen LogP contribution in [0.4, 0.5) is 5.69 Å². The standard InChI is InChI=1S/C23H26N4O3S/c1-12-2-5-17-20(24)21(31-23(17)26-12)22(29)27-15-8-14-4-3-13(9-19(14)30-11-15)16-6-7-25-10-18(16)28/h2-5,9,15-16,18,25,28H,6-8,10-11,24H2,1H3,(H,27,29)/t15-,16+,18+/m1/s1. The minimum Gasteiger partial charge on any atom is -0.491 e. The number of anilines is 1. The normalized spacial score (nSPS) is 23.2. The zero-order valence-electron chi connectivity index (χ0n) is 17.4. The van der Waals surface area contributed by atoms with E-state index >= 15 is 0 Å². The van der Waals surface area contributed by atoms with E-state index in [0.717, 1.165) is 45.8 Å². The van der Waals surface area contributed by atoms with Gasteiger partial charge in [0.1, 0.15) is 22.1 Å². The Morgan fingerprint density at radius 1 is 1.35 bits per heavy atom. The molecule has 0 aliphatic carbocycles. The van der Waals surface area contributed by atoms with Gasteiger partial charge in [-0.2, -0.15) is 0 Å². The molecule has 0 spiro atoms. The van der Waals surface area contributed by atoms with Crippen molar-refractivity contribution < 1.29 is 14.6 Å². The van der Waals surface area contributed by atoms with Crippen LogP contribution in [0.3, 0.4) is 0 Å². The summed E-state index contributed by atoms with van der Waals surface area (Å²) in [5.74, 6) is 0.778. The maximum absolute atomic E-state index is 12.9. The molecule has 1 saturated heterocycles. The monoisotopic (exact) mass is 438 g/mol. The van der Waals surface area contributed by atoms with Gasteiger partial charge in [-0.15, -0.1) is 11.3 Å². The lowest BCUT2D eigenvalue weighted by molar-refractivity contribution is 0.0919. The van der Waals surface area contributed by atoms with Crippen molar-refractivity contribution in [3.63, 3.8) is 0 Å². The van der Waals surface area contributed by atoms with Crippen molar-refractivity contribution in [2.75, 3.05) is 25.4 Å². The summed E-state index contributed by atoms with van der Waals surface area (Å²) in [6, 6.07) is 9.86. The molecular formula is C23H26N4O3S. The van der Waals surface area contributed by atoms with E-state index in [-0.39, 0.29) is 24.0 Å². The van der Waals surface area contributed by atoms with Crippen LogP contribution in [0.1, 0.15) is 38.8 Å². The van der Waals surface area contributed by atoms with Crippen LogP contribution in [0.2, 0.25) is 0 Å². The van der Waals surface area contributed by atoms with Gasteiger partial charge in [-0.3, -0.25) is 4.79 Å². The van der Waals surface area contributed by atoms with Gasteiger partial charge in [-0.1, -0.05) is 12.1 Å². The zero-order chi connectivity index (χ0) is 21.5.